The minimum Gasteiger partial charge on any atom is -0.378 e. The quantitative estimate of drug-likeness (QED) is 0.535. The van der Waals surface area contributed by atoms with E-state index in [2.05, 4.69) is 39.4 Å². The molecule has 0 saturated carbocycles. The Hall–Kier alpha value is -0.370. The molecule has 0 amide bonds. The number of hydrogen-bond donors (Lipinski definition) is 0. The first-order chi connectivity index (χ1) is 7.15. The molecular weight excluding hydrogens is 186 g/mol. The Balaban J connectivity index is 3.96. The average Bonchev–Trinajstić information content (AvgIpc) is 2.24. The minimum absolute atomic E-state index is 0.342. The summed E-state index contributed by atoms with van der Waals surface area (Å²) in [5, 5.41) is 0. The van der Waals surface area contributed by atoms with Crippen LogP contribution in [0.5, 0.6) is 0 Å². The Bertz CT molecular complexity index is 159. The molecule has 0 spiro atoms. The Morgan fingerprint density at radius 1 is 1.27 bits per heavy atom. The molecule has 0 aromatic carbocycles. The highest BCUT2D eigenvalue weighted by molar-refractivity contribution is 5.24. The van der Waals surface area contributed by atoms with Crippen molar-refractivity contribution in [2.24, 2.45) is 10.9 Å². The topological polar surface area (TPSA) is 21.6 Å². The van der Waals surface area contributed by atoms with Crippen molar-refractivity contribution in [1.82, 2.24) is 0 Å². The average molecular weight is 213 g/mol. The summed E-state index contributed by atoms with van der Waals surface area (Å²) < 4.78 is 5.75. The highest BCUT2D eigenvalue weighted by Crippen LogP contribution is 2.19. The van der Waals surface area contributed by atoms with Crippen LogP contribution in [-0.4, -0.2) is 25.5 Å². The van der Waals surface area contributed by atoms with E-state index < -0.39 is 0 Å². The van der Waals surface area contributed by atoms with Gasteiger partial charge in [-0.1, -0.05) is 26.7 Å². The van der Waals surface area contributed by atoms with E-state index in [0.717, 1.165) is 13.0 Å². The molecule has 0 fully saturated rings. The number of nitrogens with zero attached hydrogens (tertiary/aromatic N) is 1. The molecule has 0 radical (unpaired) electrons. The molecule has 0 aliphatic heterocycles. The van der Waals surface area contributed by atoms with Gasteiger partial charge in [-0.05, 0) is 39.3 Å². The van der Waals surface area contributed by atoms with Gasteiger partial charge in [0.1, 0.15) is 0 Å². The number of aliphatic imine (C=N–C) groups is 1. The summed E-state index contributed by atoms with van der Waals surface area (Å²) in [4.78, 5) is 4.08. The summed E-state index contributed by atoms with van der Waals surface area (Å²) in [5.41, 5.74) is 0. The summed E-state index contributed by atoms with van der Waals surface area (Å²) >= 11 is 0. The van der Waals surface area contributed by atoms with Crippen molar-refractivity contribution >= 4 is 6.72 Å². The smallest absolute Gasteiger partial charge is 0.0578 e. The van der Waals surface area contributed by atoms with E-state index in [-0.39, 0.29) is 0 Å². The number of ether oxygens (including phenoxy) is 1. The summed E-state index contributed by atoms with van der Waals surface area (Å²) in [5.74, 6) is 0.566. The fourth-order valence-corrected chi connectivity index (χ4v) is 1.73. The Morgan fingerprint density at radius 2 is 1.93 bits per heavy atom. The van der Waals surface area contributed by atoms with Crippen LogP contribution in [0.4, 0.5) is 0 Å². The van der Waals surface area contributed by atoms with Crippen LogP contribution in [0.15, 0.2) is 4.99 Å². The monoisotopic (exact) mass is 213 g/mol. The van der Waals surface area contributed by atoms with Gasteiger partial charge in [0.15, 0.2) is 0 Å². The molecule has 90 valence electrons. The van der Waals surface area contributed by atoms with Crippen molar-refractivity contribution in [3.05, 3.63) is 0 Å². The third-order valence-electron chi connectivity index (χ3n) is 3.03. The van der Waals surface area contributed by atoms with E-state index in [1.807, 2.05) is 0 Å². The number of hydrogen-bond acceptors (Lipinski definition) is 2. The van der Waals surface area contributed by atoms with Crippen molar-refractivity contribution in [2.45, 2.75) is 65.5 Å². The SMILES string of the molecule is C=N[C@H](C)C(C)C[C@H](CCCC)OCC. The largest absolute Gasteiger partial charge is 0.378 e. The van der Waals surface area contributed by atoms with E-state index in [1.54, 1.807) is 0 Å². The van der Waals surface area contributed by atoms with Crippen LogP contribution in [0.25, 0.3) is 0 Å². The van der Waals surface area contributed by atoms with Gasteiger partial charge in [-0.2, -0.15) is 0 Å². The molecule has 2 heteroatoms. The first-order valence-corrected chi connectivity index (χ1v) is 6.23. The van der Waals surface area contributed by atoms with Gasteiger partial charge in [-0.15, -0.1) is 0 Å². The fraction of sp³-hybridized carbons (Fsp3) is 0.923. The molecule has 2 nitrogen and oxygen atoms in total. The Morgan fingerprint density at radius 3 is 2.40 bits per heavy atom. The van der Waals surface area contributed by atoms with Crippen molar-refractivity contribution in [2.75, 3.05) is 6.61 Å². The normalized spacial score (nSPS) is 17.1. The number of unbranched alkanes of at least 4 members (excludes halogenated alkanes) is 1. The van der Waals surface area contributed by atoms with Crippen LogP contribution in [0.1, 0.15) is 53.4 Å². The predicted molar refractivity (Wildman–Crippen MR) is 67.7 cm³/mol. The molecule has 0 aliphatic rings. The van der Waals surface area contributed by atoms with Gasteiger partial charge >= 0.3 is 0 Å². The van der Waals surface area contributed by atoms with Crippen LogP contribution in [0.3, 0.4) is 0 Å². The summed E-state index contributed by atoms with van der Waals surface area (Å²) in [6.07, 6.45) is 5.20. The predicted octanol–water partition coefficient (Wildman–Crippen LogP) is 3.70. The van der Waals surface area contributed by atoms with E-state index >= 15 is 0 Å². The lowest BCUT2D eigenvalue weighted by molar-refractivity contribution is 0.0371. The maximum Gasteiger partial charge on any atom is 0.0578 e. The molecule has 3 atom stereocenters. The maximum absolute atomic E-state index is 5.75. The second-order valence-corrected chi connectivity index (χ2v) is 4.36. The van der Waals surface area contributed by atoms with Crippen molar-refractivity contribution in [3.63, 3.8) is 0 Å². The van der Waals surface area contributed by atoms with E-state index in [9.17, 15) is 0 Å². The lowest BCUT2D eigenvalue weighted by Crippen LogP contribution is -2.21. The molecule has 0 rings (SSSR count). The standard InChI is InChI=1S/C13H27NO/c1-6-8-9-13(15-7-2)10-11(3)12(4)14-5/h11-13H,5-10H2,1-4H3/t11?,12-,13+/m1/s1. The zero-order chi connectivity index (χ0) is 11.7. The third kappa shape index (κ3) is 6.67. The minimum atomic E-state index is 0.342. The highest BCUT2D eigenvalue weighted by atomic mass is 16.5. The molecular formula is C13H27NO. The molecule has 15 heavy (non-hydrogen) atoms. The van der Waals surface area contributed by atoms with Gasteiger partial charge in [0.05, 0.1) is 6.10 Å². The lowest BCUT2D eigenvalue weighted by Gasteiger charge is -2.23. The van der Waals surface area contributed by atoms with Crippen molar-refractivity contribution < 1.29 is 4.74 Å². The molecule has 0 N–H and O–H groups in total. The summed E-state index contributed by atoms with van der Waals surface area (Å²) in [6, 6.07) is 0.342. The van der Waals surface area contributed by atoms with Gasteiger partial charge in [-0.3, -0.25) is 4.99 Å². The lowest BCUT2D eigenvalue weighted by atomic mass is 9.94. The summed E-state index contributed by atoms with van der Waals surface area (Å²) in [7, 11) is 0. The maximum atomic E-state index is 5.75. The van der Waals surface area contributed by atoms with Crippen molar-refractivity contribution in [3.8, 4) is 0 Å². The van der Waals surface area contributed by atoms with Gasteiger partial charge in [0, 0.05) is 12.6 Å². The molecule has 0 saturated heterocycles. The van der Waals surface area contributed by atoms with Crippen LogP contribution in [0.2, 0.25) is 0 Å². The molecule has 0 bridgehead atoms. The van der Waals surface area contributed by atoms with Crippen LogP contribution >= 0.6 is 0 Å². The summed E-state index contributed by atoms with van der Waals surface area (Å²) in [6.45, 7) is 13.1. The zero-order valence-electron chi connectivity index (χ0n) is 10.8. The van der Waals surface area contributed by atoms with Gasteiger partial charge < -0.3 is 4.74 Å². The molecule has 0 aliphatic carbocycles. The molecule has 0 heterocycles. The van der Waals surface area contributed by atoms with E-state index in [0.29, 0.717) is 18.1 Å². The first kappa shape index (κ1) is 14.6. The van der Waals surface area contributed by atoms with Crippen molar-refractivity contribution in [1.29, 1.82) is 0 Å². The third-order valence-corrected chi connectivity index (χ3v) is 3.03. The fourth-order valence-electron chi connectivity index (χ4n) is 1.73. The van der Waals surface area contributed by atoms with Crippen LogP contribution in [0, 0.1) is 5.92 Å². The first-order valence-electron chi connectivity index (χ1n) is 6.23. The van der Waals surface area contributed by atoms with Gasteiger partial charge in [0.25, 0.3) is 0 Å². The second kappa shape index (κ2) is 8.90. The molecule has 0 aromatic rings. The van der Waals surface area contributed by atoms with Gasteiger partial charge in [-0.25, -0.2) is 0 Å². The van der Waals surface area contributed by atoms with Crippen LogP contribution in [-0.2, 0) is 4.74 Å². The van der Waals surface area contributed by atoms with E-state index in [1.165, 1.54) is 19.3 Å². The second-order valence-electron chi connectivity index (χ2n) is 4.36. The van der Waals surface area contributed by atoms with Crippen LogP contribution < -0.4 is 0 Å². The Labute approximate surface area is 95.1 Å². The highest BCUT2D eigenvalue weighted by Gasteiger charge is 2.16. The van der Waals surface area contributed by atoms with E-state index in [4.69, 9.17) is 4.74 Å². The zero-order valence-corrected chi connectivity index (χ0v) is 10.8. The number of rotatable bonds is 9. The molecule has 1 unspecified atom stereocenters. The Kier molecular flexibility index (Phi) is 8.68. The molecule has 0 aromatic heterocycles. The van der Waals surface area contributed by atoms with Gasteiger partial charge in [0.2, 0.25) is 0 Å².